The van der Waals surface area contributed by atoms with E-state index in [4.69, 9.17) is 5.73 Å². The van der Waals surface area contributed by atoms with E-state index in [0.717, 1.165) is 21.3 Å². The molecule has 6 heteroatoms. The Kier molecular flexibility index (Phi) is 4.83. The maximum atomic E-state index is 11.8. The van der Waals surface area contributed by atoms with Crippen LogP contribution in [0.2, 0.25) is 0 Å². The smallest absolute Gasteiger partial charge is 0.235 e. The quantitative estimate of drug-likeness (QED) is 0.645. The molecule has 116 valence electrons. The molecular formula is C17H14BrN3OS. The Morgan fingerprint density at radius 3 is 2.48 bits per heavy atom. The largest absolute Gasteiger partial charge is 0.368 e. The van der Waals surface area contributed by atoms with Gasteiger partial charge in [0.05, 0.1) is 11.9 Å². The van der Waals surface area contributed by atoms with Gasteiger partial charge in [-0.3, -0.25) is 4.79 Å². The fourth-order valence-corrected chi connectivity index (χ4v) is 3.35. The molecule has 23 heavy (non-hydrogen) atoms. The van der Waals surface area contributed by atoms with E-state index in [2.05, 4.69) is 25.9 Å². The monoisotopic (exact) mass is 387 g/mol. The minimum absolute atomic E-state index is 0.386. The molecule has 0 saturated carbocycles. The fraction of sp³-hybridized carbons (Fsp3) is 0.0588. The predicted molar refractivity (Wildman–Crippen MR) is 96.0 cm³/mol. The number of nitrogens with two attached hydrogens (primary N) is 1. The van der Waals surface area contributed by atoms with Gasteiger partial charge in [-0.05, 0) is 23.3 Å². The zero-order valence-electron chi connectivity index (χ0n) is 12.1. The molecule has 3 aromatic rings. The van der Waals surface area contributed by atoms with Crippen LogP contribution >= 0.6 is 27.7 Å². The summed E-state index contributed by atoms with van der Waals surface area (Å²) in [6.07, 6.45) is 1.76. The highest BCUT2D eigenvalue weighted by Gasteiger charge is 2.20. The lowest BCUT2D eigenvalue weighted by atomic mass is 10.1. The average Bonchev–Trinajstić information content (AvgIpc) is 3.02. The molecular weight excluding hydrogens is 374 g/mol. The molecule has 1 heterocycles. The van der Waals surface area contributed by atoms with Gasteiger partial charge in [-0.25, -0.2) is 4.98 Å². The van der Waals surface area contributed by atoms with E-state index >= 15 is 0 Å². The molecule has 0 fully saturated rings. The summed E-state index contributed by atoms with van der Waals surface area (Å²) in [6, 6.07) is 17.4. The molecule has 0 aliphatic carbocycles. The molecule has 1 unspecified atom stereocenters. The van der Waals surface area contributed by atoms with E-state index in [0.29, 0.717) is 5.16 Å². The van der Waals surface area contributed by atoms with Crippen LogP contribution in [-0.4, -0.2) is 15.9 Å². The number of carbonyl (C=O) groups excluding carboxylic acids is 1. The van der Waals surface area contributed by atoms with Gasteiger partial charge in [-0.1, -0.05) is 70.2 Å². The van der Waals surface area contributed by atoms with Crippen molar-refractivity contribution in [2.24, 2.45) is 5.73 Å². The van der Waals surface area contributed by atoms with E-state index in [1.165, 1.54) is 11.8 Å². The molecule has 0 bridgehead atoms. The van der Waals surface area contributed by atoms with Gasteiger partial charge in [0.1, 0.15) is 5.25 Å². The first-order valence-corrected chi connectivity index (χ1v) is 8.62. The number of carbonyl (C=O) groups is 1. The molecule has 0 radical (unpaired) electrons. The van der Waals surface area contributed by atoms with Crippen molar-refractivity contribution < 1.29 is 4.79 Å². The zero-order valence-corrected chi connectivity index (χ0v) is 14.5. The molecule has 0 spiro atoms. The maximum Gasteiger partial charge on any atom is 0.235 e. The van der Waals surface area contributed by atoms with Gasteiger partial charge in [0, 0.05) is 4.47 Å². The molecule has 4 nitrogen and oxygen atoms in total. The van der Waals surface area contributed by atoms with Gasteiger partial charge >= 0.3 is 0 Å². The zero-order chi connectivity index (χ0) is 16.2. The molecule has 1 aromatic heterocycles. The molecule has 2 aromatic carbocycles. The SMILES string of the molecule is NC(=O)C(Sc1ncc(-c2ccc(Br)cc2)[nH]1)c1ccccc1. The number of H-pyrrole nitrogens is 1. The number of primary amides is 1. The summed E-state index contributed by atoms with van der Waals surface area (Å²) >= 11 is 4.73. The third kappa shape index (κ3) is 3.83. The van der Waals surface area contributed by atoms with Gasteiger partial charge in [-0.15, -0.1) is 0 Å². The predicted octanol–water partition coefficient (Wildman–Crippen LogP) is 4.16. The van der Waals surface area contributed by atoms with Crippen molar-refractivity contribution >= 4 is 33.6 Å². The Morgan fingerprint density at radius 2 is 1.83 bits per heavy atom. The second-order valence-electron chi connectivity index (χ2n) is 4.92. The topological polar surface area (TPSA) is 71.8 Å². The Bertz CT molecular complexity index is 802. The van der Waals surface area contributed by atoms with Gasteiger partial charge in [-0.2, -0.15) is 0 Å². The van der Waals surface area contributed by atoms with Gasteiger partial charge in [0.2, 0.25) is 5.91 Å². The number of amides is 1. The molecule has 0 aliphatic heterocycles. The summed E-state index contributed by atoms with van der Waals surface area (Å²) in [5, 5.41) is 0.190. The van der Waals surface area contributed by atoms with Crippen LogP contribution < -0.4 is 5.73 Å². The third-order valence-corrected chi connectivity index (χ3v) is 5.00. The Labute approximate surface area is 146 Å². The van der Waals surface area contributed by atoms with Crippen molar-refractivity contribution in [2.75, 3.05) is 0 Å². The summed E-state index contributed by atoms with van der Waals surface area (Å²) in [6.45, 7) is 0. The van der Waals surface area contributed by atoms with Crippen LogP contribution in [0.5, 0.6) is 0 Å². The molecule has 1 amide bonds. The molecule has 3 rings (SSSR count). The number of rotatable bonds is 5. The fourth-order valence-electron chi connectivity index (χ4n) is 2.17. The van der Waals surface area contributed by atoms with Crippen molar-refractivity contribution in [1.82, 2.24) is 9.97 Å². The number of aromatic amines is 1. The second-order valence-corrected chi connectivity index (χ2v) is 6.93. The first-order chi connectivity index (χ1) is 11.1. The van der Waals surface area contributed by atoms with Crippen LogP contribution in [-0.2, 0) is 4.79 Å². The number of imidazole rings is 1. The highest BCUT2D eigenvalue weighted by atomic mass is 79.9. The number of hydrogen-bond acceptors (Lipinski definition) is 3. The number of nitrogens with zero attached hydrogens (tertiary/aromatic N) is 1. The lowest BCUT2D eigenvalue weighted by Crippen LogP contribution is -2.19. The Hall–Kier alpha value is -2.05. The van der Waals surface area contributed by atoms with Gasteiger partial charge in [0.25, 0.3) is 0 Å². The third-order valence-electron chi connectivity index (χ3n) is 3.30. The normalized spacial score (nSPS) is 12.0. The molecule has 1 atom stereocenters. The second kappa shape index (κ2) is 7.02. The average molecular weight is 388 g/mol. The van der Waals surface area contributed by atoms with Crippen LogP contribution in [0.25, 0.3) is 11.3 Å². The van der Waals surface area contributed by atoms with Gasteiger partial charge < -0.3 is 10.7 Å². The lowest BCUT2D eigenvalue weighted by molar-refractivity contribution is -0.117. The molecule has 0 saturated heterocycles. The summed E-state index contributed by atoms with van der Waals surface area (Å²) in [4.78, 5) is 19.4. The van der Waals surface area contributed by atoms with Crippen molar-refractivity contribution in [3.8, 4) is 11.3 Å². The molecule has 3 N–H and O–H groups in total. The van der Waals surface area contributed by atoms with Gasteiger partial charge in [0.15, 0.2) is 5.16 Å². The van der Waals surface area contributed by atoms with Crippen LogP contribution in [0.4, 0.5) is 0 Å². The number of nitrogens with one attached hydrogen (secondary N) is 1. The van der Waals surface area contributed by atoms with E-state index in [9.17, 15) is 4.79 Å². The molecule has 0 aliphatic rings. The van der Waals surface area contributed by atoms with Crippen LogP contribution in [0.15, 0.2) is 70.4 Å². The van der Waals surface area contributed by atoms with Crippen LogP contribution in [0.1, 0.15) is 10.8 Å². The highest BCUT2D eigenvalue weighted by Crippen LogP contribution is 2.34. The maximum absolute atomic E-state index is 11.8. The minimum Gasteiger partial charge on any atom is -0.368 e. The summed E-state index contributed by atoms with van der Waals surface area (Å²) < 4.78 is 1.02. The van der Waals surface area contributed by atoms with Crippen molar-refractivity contribution in [1.29, 1.82) is 0 Å². The first kappa shape index (κ1) is 15.8. The van der Waals surface area contributed by atoms with E-state index in [1.54, 1.807) is 6.20 Å². The lowest BCUT2D eigenvalue weighted by Gasteiger charge is -2.11. The number of thioether (sulfide) groups is 1. The van der Waals surface area contributed by atoms with Crippen molar-refractivity contribution in [3.05, 3.63) is 70.8 Å². The van der Waals surface area contributed by atoms with Crippen LogP contribution in [0, 0.1) is 0 Å². The van der Waals surface area contributed by atoms with Crippen molar-refractivity contribution in [2.45, 2.75) is 10.4 Å². The van der Waals surface area contributed by atoms with Crippen LogP contribution in [0.3, 0.4) is 0 Å². The number of hydrogen-bond donors (Lipinski definition) is 2. The Balaban J connectivity index is 1.82. The number of halogens is 1. The van der Waals surface area contributed by atoms with Crippen molar-refractivity contribution in [3.63, 3.8) is 0 Å². The summed E-state index contributed by atoms with van der Waals surface area (Å²) in [7, 11) is 0. The Morgan fingerprint density at radius 1 is 1.13 bits per heavy atom. The minimum atomic E-state index is -0.472. The summed E-state index contributed by atoms with van der Waals surface area (Å²) in [5.74, 6) is -0.386. The van der Waals surface area contributed by atoms with E-state index in [1.807, 2.05) is 54.6 Å². The van der Waals surface area contributed by atoms with E-state index in [-0.39, 0.29) is 5.91 Å². The standard InChI is InChI=1S/C17H14BrN3OS/c18-13-8-6-11(7-9-13)14-10-20-17(21-14)23-15(16(19)22)12-4-2-1-3-5-12/h1-10,15H,(H2,19,22)(H,20,21). The van der Waals surface area contributed by atoms with E-state index < -0.39 is 5.25 Å². The number of aromatic nitrogens is 2. The summed E-state index contributed by atoms with van der Waals surface area (Å²) in [5.41, 5.74) is 8.34. The number of benzene rings is 2. The first-order valence-electron chi connectivity index (χ1n) is 6.95. The highest BCUT2D eigenvalue weighted by molar-refractivity contribution is 9.10.